The highest BCUT2D eigenvalue weighted by atomic mass is 16.5. The number of hydroxylamine groups is 1. The first-order valence-corrected chi connectivity index (χ1v) is 7.22. The van der Waals surface area contributed by atoms with Crippen molar-refractivity contribution in [2.75, 3.05) is 14.2 Å². The van der Waals surface area contributed by atoms with Gasteiger partial charge >= 0.3 is 0 Å². The summed E-state index contributed by atoms with van der Waals surface area (Å²) in [4.78, 5) is 11.0. The Kier molecular flexibility index (Phi) is 6.22. The fourth-order valence-corrected chi connectivity index (χ4v) is 2.00. The van der Waals surface area contributed by atoms with Crippen molar-refractivity contribution < 1.29 is 24.2 Å². The van der Waals surface area contributed by atoms with Crippen LogP contribution in [0.5, 0.6) is 17.2 Å². The summed E-state index contributed by atoms with van der Waals surface area (Å²) in [7, 11) is 3.17. The Morgan fingerprint density at radius 2 is 1.83 bits per heavy atom. The van der Waals surface area contributed by atoms with E-state index in [1.807, 2.05) is 24.3 Å². The van der Waals surface area contributed by atoms with Gasteiger partial charge in [-0.3, -0.25) is 10.0 Å². The maximum atomic E-state index is 11.0. The largest absolute Gasteiger partial charge is 0.497 e. The van der Waals surface area contributed by atoms with Crippen molar-refractivity contribution in [1.82, 2.24) is 5.48 Å². The minimum atomic E-state index is -0.603. The highest BCUT2D eigenvalue weighted by Gasteiger charge is 2.06. The first kappa shape index (κ1) is 17.4. The Bertz CT molecular complexity index is 710. The van der Waals surface area contributed by atoms with Crippen molar-refractivity contribution in [2.24, 2.45) is 0 Å². The molecule has 6 nitrogen and oxygen atoms in total. The van der Waals surface area contributed by atoms with Crippen LogP contribution in [0.4, 0.5) is 0 Å². The molecule has 0 atom stereocenters. The maximum Gasteiger partial charge on any atom is 0.267 e. The Hall–Kier alpha value is -2.99. The zero-order chi connectivity index (χ0) is 17.4. The summed E-state index contributed by atoms with van der Waals surface area (Å²) in [5.74, 6) is 1.33. The van der Waals surface area contributed by atoms with Gasteiger partial charge in [-0.1, -0.05) is 18.2 Å². The van der Waals surface area contributed by atoms with Crippen molar-refractivity contribution >= 4 is 12.0 Å². The van der Waals surface area contributed by atoms with Crippen LogP contribution in [0, 0.1) is 0 Å². The number of benzene rings is 2. The second-order valence-electron chi connectivity index (χ2n) is 4.86. The minimum absolute atomic E-state index is 0.391. The van der Waals surface area contributed by atoms with Crippen molar-refractivity contribution in [2.45, 2.75) is 6.61 Å². The van der Waals surface area contributed by atoms with Crippen LogP contribution in [0.25, 0.3) is 6.08 Å². The van der Waals surface area contributed by atoms with Gasteiger partial charge in [0, 0.05) is 6.08 Å². The molecule has 1 amide bonds. The number of amides is 1. The maximum absolute atomic E-state index is 11.0. The van der Waals surface area contributed by atoms with Gasteiger partial charge in [0.25, 0.3) is 5.91 Å². The minimum Gasteiger partial charge on any atom is -0.497 e. The van der Waals surface area contributed by atoms with E-state index in [0.29, 0.717) is 18.1 Å². The van der Waals surface area contributed by atoms with Gasteiger partial charge in [-0.05, 0) is 41.5 Å². The van der Waals surface area contributed by atoms with Crippen molar-refractivity contribution in [3.05, 3.63) is 59.7 Å². The molecule has 24 heavy (non-hydrogen) atoms. The molecule has 0 radical (unpaired) electrons. The Morgan fingerprint density at radius 1 is 1.08 bits per heavy atom. The molecule has 0 unspecified atom stereocenters. The second kappa shape index (κ2) is 8.59. The molecule has 0 aliphatic heterocycles. The summed E-state index contributed by atoms with van der Waals surface area (Å²) < 4.78 is 16.2. The van der Waals surface area contributed by atoms with E-state index in [0.717, 1.165) is 16.9 Å². The van der Waals surface area contributed by atoms with Crippen molar-refractivity contribution in [1.29, 1.82) is 0 Å². The number of carbonyl (C=O) groups excluding carboxylic acids is 1. The second-order valence-corrected chi connectivity index (χ2v) is 4.86. The Balaban J connectivity index is 2.06. The van der Waals surface area contributed by atoms with Crippen LogP contribution in [-0.2, 0) is 11.4 Å². The van der Waals surface area contributed by atoms with Gasteiger partial charge in [0.05, 0.1) is 14.2 Å². The van der Waals surface area contributed by atoms with Gasteiger partial charge in [-0.15, -0.1) is 0 Å². The molecule has 0 saturated carbocycles. The van der Waals surface area contributed by atoms with Crippen LogP contribution in [0.1, 0.15) is 11.1 Å². The van der Waals surface area contributed by atoms with Crippen molar-refractivity contribution in [3.8, 4) is 17.2 Å². The van der Waals surface area contributed by atoms with E-state index >= 15 is 0 Å². The average Bonchev–Trinajstić information content (AvgIpc) is 2.64. The van der Waals surface area contributed by atoms with Gasteiger partial charge in [0.15, 0.2) is 11.5 Å². The SMILES string of the molecule is COc1ccc(COc2ccc(/C=C/C(=O)NO)cc2OC)cc1. The topological polar surface area (TPSA) is 77.0 Å². The van der Waals surface area contributed by atoms with Crippen LogP contribution < -0.4 is 19.7 Å². The zero-order valence-electron chi connectivity index (χ0n) is 13.5. The number of rotatable bonds is 7. The first-order chi connectivity index (χ1) is 11.7. The van der Waals surface area contributed by atoms with E-state index in [9.17, 15) is 4.79 Å². The van der Waals surface area contributed by atoms with Crippen LogP contribution in [0.15, 0.2) is 48.5 Å². The normalized spacial score (nSPS) is 10.5. The number of nitrogens with one attached hydrogen (secondary N) is 1. The molecule has 0 aliphatic rings. The number of ether oxygens (including phenoxy) is 3. The summed E-state index contributed by atoms with van der Waals surface area (Å²) in [6.45, 7) is 0.391. The summed E-state index contributed by atoms with van der Waals surface area (Å²) in [6, 6.07) is 12.9. The number of hydrogen-bond acceptors (Lipinski definition) is 5. The molecule has 0 saturated heterocycles. The smallest absolute Gasteiger partial charge is 0.267 e. The van der Waals surface area contributed by atoms with Gasteiger partial charge < -0.3 is 14.2 Å². The quantitative estimate of drug-likeness (QED) is 0.464. The molecule has 0 bridgehead atoms. The standard InChI is InChI=1S/C18H19NO5/c1-22-15-7-3-14(4-8-15)12-24-16-9-5-13(11-17(16)23-2)6-10-18(20)19-21/h3-11,21H,12H2,1-2H3,(H,19,20)/b10-6+. The van der Waals surface area contributed by atoms with Crippen LogP contribution in [0.3, 0.4) is 0 Å². The summed E-state index contributed by atoms with van der Waals surface area (Å²) in [5.41, 5.74) is 3.28. The summed E-state index contributed by atoms with van der Waals surface area (Å²) >= 11 is 0. The molecule has 2 aromatic carbocycles. The molecule has 0 heterocycles. The van der Waals surface area contributed by atoms with Gasteiger partial charge in [-0.2, -0.15) is 0 Å². The van der Waals surface area contributed by atoms with Gasteiger partial charge in [-0.25, -0.2) is 5.48 Å². The lowest BCUT2D eigenvalue weighted by molar-refractivity contribution is -0.124. The summed E-state index contributed by atoms with van der Waals surface area (Å²) in [5, 5.41) is 8.47. The first-order valence-electron chi connectivity index (χ1n) is 7.22. The molecular weight excluding hydrogens is 310 g/mol. The number of hydrogen-bond donors (Lipinski definition) is 2. The Morgan fingerprint density at radius 3 is 2.46 bits per heavy atom. The fraction of sp³-hybridized carbons (Fsp3) is 0.167. The third-order valence-corrected chi connectivity index (χ3v) is 3.28. The van der Waals surface area contributed by atoms with Crippen molar-refractivity contribution in [3.63, 3.8) is 0 Å². The average molecular weight is 329 g/mol. The van der Waals surface area contributed by atoms with E-state index < -0.39 is 5.91 Å². The summed E-state index contributed by atoms with van der Waals surface area (Å²) in [6.07, 6.45) is 2.77. The van der Waals surface area contributed by atoms with Crippen LogP contribution >= 0.6 is 0 Å². The van der Waals surface area contributed by atoms with E-state index in [-0.39, 0.29) is 0 Å². The predicted molar refractivity (Wildman–Crippen MR) is 89.3 cm³/mol. The van der Waals surface area contributed by atoms with Crippen LogP contribution in [0.2, 0.25) is 0 Å². The molecule has 2 N–H and O–H groups in total. The highest BCUT2D eigenvalue weighted by Crippen LogP contribution is 2.29. The third kappa shape index (κ3) is 4.76. The molecule has 0 aliphatic carbocycles. The van der Waals surface area contributed by atoms with Crippen LogP contribution in [-0.4, -0.2) is 25.3 Å². The molecule has 126 valence electrons. The number of methoxy groups -OCH3 is 2. The molecule has 6 heteroatoms. The molecule has 0 fully saturated rings. The monoisotopic (exact) mass is 329 g/mol. The predicted octanol–water partition coefficient (Wildman–Crippen LogP) is 2.80. The van der Waals surface area contributed by atoms with E-state index in [4.69, 9.17) is 19.4 Å². The lowest BCUT2D eigenvalue weighted by Gasteiger charge is -2.11. The highest BCUT2D eigenvalue weighted by molar-refractivity contribution is 5.90. The molecule has 0 spiro atoms. The van der Waals surface area contributed by atoms with E-state index in [1.165, 1.54) is 11.6 Å². The Labute approximate surface area is 140 Å². The fourth-order valence-electron chi connectivity index (χ4n) is 2.00. The number of carbonyl (C=O) groups is 1. The lowest BCUT2D eigenvalue weighted by atomic mass is 10.2. The van der Waals surface area contributed by atoms with Gasteiger partial charge in [0.1, 0.15) is 12.4 Å². The lowest BCUT2D eigenvalue weighted by Crippen LogP contribution is -2.14. The van der Waals surface area contributed by atoms with Gasteiger partial charge in [0.2, 0.25) is 0 Å². The third-order valence-electron chi connectivity index (χ3n) is 3.28. The van der Waals surface area contributed by atoms with E-state index in [2.05, 4.69) is 0 Å². The molecular formula is C18H19NO5. The van der Waals surface area contributed by atoms with E-state index in [1.54, 1.807) is 38.5 Å². The zero-order valence-corrected chi connectivity index (χ0v) is 13.5. The molecule has 2 rings (SSSR count). The molecule has 0 aromatic heterocycles. The molecule has 2 aromatic rings.